The van der Waals surface area contributed by atoms with Crippen LogP contribution >= 0.6 is 0 Å². The van der Waals surface area contributed by atoms with E-state index in [1.54, 1.807) is 0 Å². The van der Waals surface area contributed by atoms with Gasteiger partial charge in [-0.05, 0) is 37.5 Å². The van der Waals surface area contributed by atoms with Gasteiger partial charge in [-0.25, -0.2) is 0 Å². The smallest absolute Gasteiger partial charge is 0.236 e. The van der Waals surface area contributed by atoms with Crippen LogP contribution in [0.25, 0.3) is 0 Å². The fraction of sp³-hybridized carbons (Fsp3) is 0.387. The summed E-state index contributed by atoms with van der Waals surface area (Å²) in [7, 11) is 0. The molecule has 3 fully saturated rings. The second-order valence-electron chi connectivity index (χ2n) is 10.8. The molecule has 0 bridgehead atoms. The van der Waals surface area contributed by atoms with Gasteiger partial charge in [-0.3, -0.25) is 10.1 Å². The van der Waals surface area contributed by atoms with E-state index < -0.39 is 41.5 Å². The molecule has 0 saturated carbocycles. The summed E-state index contributed by atoms with van der Waals surface area (Å²) < 4.78 is 26.1. The zero-order valence-electron chi connectivity index (χ0n) is 21.9. The van der Waals surface area contributed by atoms with Crippen LogP contribution in [0, 0.1) is 0 Å². The summed E-state index contributed by atoms with van der Waals surface area (Å²) in [4.78, 5) is 12.4. The first-order valence-corrected chi connectivity index (χ1v) is 13.2. The summed E-state index contributed by atoms with van der Waals surface area (Å²) in [5.74, 6) is -0.841. The van der Waals surface area contributed by atoms with Gasteiger partial charge in [0.15, 0.2) is 12.1 Å². The summed E-state index contributed by atoms with van der Waals surface area (Å²) in [6.07, 6.45) is -1.44. The van der Waals surface area contributed by atoms with Gasteiger partial charge in [-0.1, -0.05) is 91.0 Å². The highest BCUT2D eigenvalue weighted by atomic mass is 16.8. The molecule has 3 saturated heterocycles. The fourth-order valence-electron chi connectivity index (χ4n) is 6.10. The molecule has 0 unspecified atom stereocenters. The van der Waals surface area contributed by atoms with Gasteiger partial charge < -0.3 is 24.3 Å². The molecule has 6 rings (SSSR count). The number of hydrogen-bond donors (Lipinski definition) is 2. The number of carbonyl (C=O) groups excluding carboxylic acids is 1. The number of hydrogen-bond acceptors (Lipinski definition) is 6. The van der Waals surface area contributed by atoms with Crippen molar-refractivity contribution in [1.82, 2.24) is 10.6 Å². The molecule has 1 spiro atoms. The zero-order valence-corrected chi connectivity index (χ0v) is 21.9. The Hall–Kier alpha value is -3.07. The van der Waals surface area contributed by atoms with E-state index in [9.17, 15) is 4.79 Å². The van der Waals surface area contributed by atoms with Crippen LogP contribution in [0.5, 0.6) is 0 Å². The largest absolute Gasteiger partial charge is 0.358 e. The van der Waals surface area contributed by atoms with Crippen molar-refractivity contribution in [3.8, 4) is 0 Å². The number of benzene rings is 3. The van der Waals surface area contributed by atoms with Crippen LogP contribution in [-0.2, 0) is 29.3 Å². The van der Waals surface area contributed by atoms with Gasteiger partial charge in [-0.15, -0.1) is 0 Å². The highest BCUT2D eigenvalue weighted by Gasteiger charge is 2.65. The van der Waals surface area contributed by atoms with Gasteiger partial charge in [0.2, 0.25) is 5.91 Å². The predicted octanol–water partition coefficient (Wildman–Crippen LogP) is 3.72. The first-order valence-electron chi connectivity index (χ1n) is 13.2. The number of piperazine rings is 1. The minimum absolute atomic E-state index is 0.0517. The van der Waals surface area contributed by atoms with E-state index in [1.165, 1.54) is 0 Å². The molecule has 5 atom stereocenters. The first-order chi connectivity index (χ1) is 18.3. The van der Waals surface area contributed by atoms with Crippen LogP contribution in [0.4, 0.5) is 0 Å². The van der Waals surface area contributed by atoms with Crippen LogP contribution < -0.4 is 10.6 Å². The summed E-state index contributed by atoms with van der Waals surface area (Å²) in [5.41, 5.74) is 1.42. The molecule has 7 nitrogen and oxygen atoms in total. The summed E-state index contributed by atoms with van der Waals surface area (Å²) in [6.45, 7) is 6.19. The van der Waals surface area contributed by atoms with Crippen LogP contribution in [0.1, 0.15) is 37.5 Å². The van der Waals surface area contributed by atoms with Gasteiger partial charge in [0, 0.05) is 6.54 Å². The van der Waals surface area contributed by atoms with E-state index in [0.717, 1.165) is 16.7 Å². The molecule has 7 heteroatoms. The highest BCUT2D eigenvalue weighted by molar-refractivity contribution is 5.82. The molecule has 2 N–H and O–H groups in total. The lowest BCUT2D eigenvalue weighted by Crippen LogP contribution is -2.73. The van der Waals surface area contributed by atoms with E-state index in [4.69, 9.17) is 18.9 Å². The molecule has 198 valence electrons. The van der Waals surface area contributed by atoms with Gasteiger partial charge in [0.1, 0.15) is 17.8 Å². The highest BCUT2D eigenvalue weighted by Crippen LogP contribution is 2.46. The molecular formula is C31H34N2O5. The lowest BCUT2D eigenvalue weighted by atomic mass is 9.79. The number of fused-ring (bicyclic) bond motifs is 2. The molecular weight excluding hydrogens is 480 g/mol. The quantitative estimate of drug-likeness (QED) is 0.489. The van der Waals surface area contributed by atoms with Gasteiger partial charge >= 0.3 is 0 Å². The van der Waals surface area contributed by atoms with E-state index in [0.29, 0.717) is 6.54 Å². The Morgan fingerprint density at radius 2 is 1.39 bits per heavy atom. The Morgan fingerprint density at radius 3 is 1.89 bits per heavy atom. The molecule has 38 heavy (non-hydrogen) atoms. The van der Waals surface area contributed by atoms with Gasteiger partial charge in [0.05, 0.1) is 18.2 Å². The Kier molecular flexibility index (Phi) is 6.37. The van der Waals surface area contributed by atoms with Crippen LogP contribution in [0.2, 0.25) is 0 Å². The molecule has 3 aliphatic rings. The molecule has 0 aliphatic carbocycles. The van der Waals surface area contributed by atoms with E-state index in [1.807, 2.05) is 75.4 Å². The summed E-state index contributed by atoms with van der Waals surface area (Å²) >= 11 is 0. The molecule has 0 radical (unpaired) electrons. The van der Waals surface area contributed by atoms with Gasteiger partial charge in [0.25, 0.3) is 0 Å². The maximum Gasteiger partial charge on any atom is 0.236 e. The second-order valence-corrected chi connectivity index (χ2v) is 10.8. The number of carbonyl (C=O) groups is 1. The second kappa shape index (κ2) is 9.59. The fourth-order valence-corrected chi connectivity index (χ4v) is 6.10. The molecule has 0 aromatic heterocycles. The maximum absolute atomic E-state index is 12.4. The van der Waals surface area contributed by atoms with Crippen molar-refractivity contribution in [2.75, 3.05) is 13.2 Å². The Labute approximate surface area is 223 Å². The molecule has 3 aromatic carbocycles. The lowest BCUT2D eigenvalue weighted by Gasteiger charge is -2.45. The molecule has 3 aliphatic heterocycles. The normalized spacial score (nSPS) is 30.2. The van der Waals surface area contributed by atoms with Crippen molar-refractivity contribution < 1.29 is 23.7 Å². The third-order valence-electron chi connectivity index (χ3n) is 7.86. The van der Waals surface area contributed by atoms with E-state index in [-0.39, 0.29) is 12.5 Å². The third kappa shape index (κ3) is 4.15. The topological polar surface area (TPSA) is 78.1 Å². The third-order valence-corrected chi connectivity index (χ3v) is 7.86. The lowest BCUT2D eigenvalue weighted by molar-refractivity contribution is -0.222. The molecule has 3 heterocycles. The first kappa shape index (κ1) is 25.2. The van der Waals surface area contributed by atoms with Crippen LogP contribution in [0.15, 0.2) is 91.0 Å². The molecule has 1 amide bonds. The van der Waals surface area contributed by atoms with E-state index in [2.05, 4.69) is 47.0 Å². The van der Waals surface area contributed by atoms with Crippen molar-refractivity contribution in [2.45, 2.75) is 62.2 Å². The number of nitrogens with one attached hydrogen (secondary N) is 2. The van der Waals surface area contributed by atoms with Crippen molar-refractivity contribution in [3.63, 3.8) is 0 Å². The minimum Gasteiger partial charge on any atom is -0.358 e. The minimum atomic E-state index is -0.892. The summed E-state index contributed by atoms with van der Waals surface area (Å²) in [5, 5.41) is 6.59. The van der Waals surface area contributed by atoms with E-state index >= 15 is 0 Å². The summed E-state index contributed by atoms with van der Waals surface area (Å²) in [6, 6.07) is 30.3. The van der Waals surface area contributed by atoms with Crippen molar-refractivity contribution in [2.24, 2.45) is 0 Å². The van der Waals surface area contributed by atoms with Gasteiger partial charge in [-0.2, -0.15) is 0 Å². The van der Waals surface area contributed by atoms with Crippen molar-refractivity contribution in [1.29, 1.82) is 0 Å². The SMILES string of the molecule is C[C@@H]1N[C@]2(CNC1=O)[C@@H](COC(c1ccccc1)(c1ccccc1)c1ccccc1)O[C@@H]1OC(C)(C)O[C@@H]12. The van der Waals surface area contributed by atoms with Crippen LogP contribution in [0.3, 0.4) is 0 Å². The van der Waals surface area contributed by atoms with Crippen molar-refractivity contribution in [3.05, 3.63) is 108 Å². The Balaban J connectivity index is 1.42. The van der Waals surface area contributed by atoms with Crippen molar-refractivity contribution >= 4 is 5.91 Å². The average molecular weight is 515 g/mol. The average Bonchev–Trinajstić information content (AvgIpc) is 3.38. The predicted molar refractivity (Wildman–Crippen MR) is 142 cm³/mol. The molecule has 3 aromatic rings. The number of rotatable bonds is 6. The Morgan fingerprint density at radius 1 is 0.868 bits per heavy atom. The number of ether oxygens (including phenoxy) is 4. The van der Waals surface area contributed by atoms with Crippen LogP contribution in [-0.4, -0.2) is 54.9 Å². The Bertz CT molecular complexity index is 1170. The maximum atomic E-state index is 12.4. The zero-order chi connectivity index (χ0) is 26.4. The number of amides is 1. The monoisotopic (exact) mass is 514 g/mol. The standard InChI is InChI=1S/C31H34N2O5/c1-21-27(34)32-20-30(33-21)25(36-28-26(30)37-29(2,3)38-28)19-35-31(22-13-7-4-8-14-22,23-15-9-5-10-16-23)24-17-11-6-12-18-24/h4-18,21,25-26,28,33H,19-20H2,1-3H3,(H,32,34)/t21-,25+,26-,28+,30+/m0/s1.